The first-order valence-corrected chi connectivity index (χ1v) is 9.17. The maximum Gasteiger partial charge on any atom is 0.265 e. The zero-order valence-electron chi connectivity index (χ0n) is 15.8. The van der Waals surface area contributed by atoms with Crippen molar-refractivity contribution in [1.29, 1.82) is 0 Å². The first-order valence-electron chi connectivity index (χ1n) is 9.17. The summed E-state index contributed by atoms with van der Waals surface area (Å²) in [4.78, 5) is 12.6. The van der Waals surface area contributed by atoms with E-state index in [0.29, 0.717) is 6.42 Å². The smallest absolute Gasteiger partial charge is 0.265 e. The molecule has 2 aromatic rings. The minimum Gasteiger partial charge on any atom is -0.480 e. The van der Waals surface area contributed by atoms with E-state index in [1.807, 2.05) is 51.1 Å². The highest BCUT2D eigenvalue weighted by Gasteiger charge is 2.19. The molecule has 0 aliphatic rings. The van der Waals surface area contributed by atoms with Gasteiger partial charge in [0.05, 0.1) is 0 Å². The van der Waals surface area contributed by atoms with Gasteiger partial charge in [0.25, 0.3) is 5.91 Å². The van der Waals surface area contributed by atoms with Crippen LogP contribution in [0, 0.1) is 13.8 Å². The number of hydrogen-bond donors (Lipinski definition) is 1. The third-order valence-electron chi connectivity index (χ3n) is 4.53. The lowest BCUT2D eigenvalue weighted by Gasteiger charge is -2.19. The van der Waals surface area contributed by atoms with Crippen LogP contribution in [0.1, 0.15) is 49.8 Å². The van der Waals surface area contributed by atoms with Gasteiger partial charge >= 0.3 is 0 Å². The van der Waals surface area contributed by atoms with Crippen LogP contribution < -0.4 is 10.1 Å². The van der Waals surface area contributed by atoms with Crippen LogP contribution in [0.2, 0.25) is 0 Å². The van der Waals surface area contributed by atoms with Gasteiger partial charge in [0, 0.05) is 5.69 Å². The highest BCUT2D eigenvalue weighted by atomic mass is 16.5. The molecule has 3 heteroatoms. The van der Waals surface area contributed by atoms with Gasteiger partial charge in [0.15, 0.2) is 6.10 Å². The number of carbonyl (C=O) groups excluding carboxylic acids is 1. The normalized spacial score (nSPS) is 11.8. The lowest BCUT2D eigenvalue weighted by molar-refractivity contribution is -0.122. The van der Waals surface area contributed by atoms with Crippen LogP contribution in [0.5, 0.6) is 5.75 Å². The molecule has 1 amide bonds. The summed E-state index contributed by atoms with van der Waals surface area (Å²) >= 11 is 0. The maximum atomic E-state index is 12.6. The highest BCUT2D eigenvalue weighted by Crippen LogP contribution is 2.23. The topological polar surface area (TPSA) is 38.3 Å². The Morgan fingerprint density at radius 1 is 1.08 bits per heavy atom. The van der Waals surface area contributed by atoms with Crippen LogP contribution in [0.25, 0.3) is 0 Å². The Bertz CT molecular complexity index is 692. The molecule has 0 aliphatic heterocycles. The van der Waals surface area contributed by atoms with Crippen molar-refractivity contribution >= 4 is 11.6 Å². The van der Waals surface area contributed by atoms with E-state index in [1.165, 1.54) is 18.4 Å². The fourth-order valence-electron chi connectivity index (χ4n) is 2.69. The molecule has 3 nitrogen and oxygen atoms in total. The molecule has 1 N–H and O–H groups in total. The average Bonchev–Trinajstić information content (AvgIpc) is 2.62. The molecule has 0 saturated carbocycles. The van der Waals surface area contributed by atoms with Crippen molar-refractivity contribution < 1.29 is 9.53 Å². The summed E-state index contributed by atoms with van der Waals surface area (Å²) in [5.74, 6) is 0.668. The fraction of sp³-hybridized carbons (Fsp3) is 0.409. The monoisotopic (exact) mass is 339 g/mol. The van der Waals surface area contributed by atoms with Crippen LogP contribution >= 0.6 is 0 Å². The van der Waals surface area contributed by atoms with Crippen LogP contribution in [0.15, 0.2) is 42.5 Å². The molecule has 0 radical (unpaired) electrons. The van der Waals surface area contributed by atoms with Gasteiger partial charge in [-0.3, -0.25) is 4.79 Å². The summed E-state index contributed by atoms with van der Waals surface area (Å²) in [5, 5.41) is 2.97. The summed E-state index contributed by atoms with van der Waals surface area (Å²) in [6, 6.07) is 14.0. The Hall–Kier alpha value is -2.29. The van der Waals surface area contributed by atoms with Crippen molar-refractivity contribution in [2.45, 2.75) is 59.5 Å². The molecule has 2 rings (SSSR count). The second-order valence-corrected chi connectivity index (χ2v) is 6.50. The van der Waals surface area contributed by atoms with Crippen molar-refractivity contribution in [2.75, 3.05) is 5.32 Å². The summed E-state index contributed by atoms with van der Waals surface area (Å²) in [6.07, 6.45) is 3.58. The van der Waals surface area contributed by atoms with Gasteiger partial charge in [-0.2, -0.15) is 0 Å². The molecule has 134 valence electrons. The summed E-state index contributed by atoms with van der Waals surface area (Å²) < 4.78 is 5.97. The Morgan fingerprint density at radius 2 is 1.80 bits per heavy atom. The number of anilines is 1. The van der Waals surface area contributed by atoms with Gasteiger partial charge in [-0.15, -0.1) is 0 Å². The summed E-state index contributed by atoms with van der Waals surface area (Å²) in [6.45, 7) is 8.21. The van der Waals surface area contributed by atoms with Crippen molar-refractivity contribution in [1.82, 2.24) is 0 Å². The Labute approximate surface area is 151 Å². The van der Waals surface area contributed by atoms with Gasteiger partial charge in [0.2, 0.25) is 0 Å². The highest BCUT2D eigenvalue weighted by molar-refractivity contribution is 5.94. The van der Waals surface area contributed by atoms with Gasteiger partial charge in [-0.1, -0.05) is 44.5 Å². The molecule has 0 unspecified atom stereocenters. The number of benzene rings is 2. The molecule has 0 spiro atoms. The molecule has 0 aromatic heterocycles. The first kappa shape index (κ1) is 19.0. The standard InChI is InChI=1S/C22H29NO2/c1-5-7-10-18-12-14-19(15-13-18)23-22(24)20(6-2)25-21-11-8-9-16(3)17(21)4/h8-9,11-15,20H,5-7,10H2,1-4H3,(H,23,24)/t20-/m0/s1. The van der Waals surface area contributed by atoms with Crippen molar-refractivity contribution in [2.24, 2.45) is 0 Å². The molecule has 2 aromatic carbocycles. The van der Waals surface area contributed by atoms with E-state index >= 15 is 0 Å². The average molecular weight is 339 g/mol. The number of rotatable bonds is 8. The first-order chi connectivity index (χ1) is 12.0. The predicted molar refractivity (Wildman–Crippen MR) is 104 cm³/mol. The van der Waals surface area contributed by atoms with E-state index in [-0.39, 0.29) is 5.91 Å². The number of unbranched alkanes of at least 4 members (excludes halogenated alkanes) is 1. The van der Waals surface area contributed by atoms with E-state index in [4.69, 9.17) is 4.74 Å². The van der Waals surface area contributed by atoms with E-state index in [0.717, 1.165) is 29.0 Å². The second-order valence-electron chi connectivity index (χ2n) is 6.50. The van der Waals surface area contributed by atoms with Crippen molar-refractivity contribution in [3.8, 4) is 5.75 Å². The van der Waals surface area contributed by atoms with Gasteiger partial charge in [-0.25, -0.2) is 0 Å². The number of amides is 1. The van der Waals surface area contributed by atoms with Crippen LogP contribution in [0.3, 0.4) is 0 Å². The van der Waals surface area contributed by atoms with Gasteiger partial charge in [0.1, 0.15) is 5.75 Å². The molecule has 0 aliphatic carbocycles. The predicted octanol–water partition coefficient (Wildman–Crippen LogP) is 5.44. The third kappa shape index (κ3) is 5.35. The largest absolute Gasteiger partial charge is 0.480 e. The Kier molecular flexibility index (Phi) is 7.05. The lowest BCUT2D eigenvalue weighted by atomic mass is 10.1. The van der Waals surface area contributed by atoms with Gasteiger partial charge in [-0.05, 0) is 68.0 Å². The van der Waals surface area contributed by atoms with E-state index < -0.39 is 6.10 Å². The van der Waals surface area contributed by atoms with Crippen LogP contribution in [0.4, 0.5) is 5.69 Å². The number of ether oxygens (including phenoxy) is 1. The fourth-order valence-corrected chi connectivity index (χ4v) is 2.69. The molecule has 0 heterocycles. The minimum absolute atomic E-state index is 0.107. The minimum atomic E-state index is -0.500. The van der Waals surface area contributed by atoms with Crippen LogP contribution in [-0.4, -0.2) is 12.0 Å². The lowest BCUT2D eigenvalue weighted by Crippen LogP contribution is -2.32. The second kappa shape index (κ2) is 9.26. The van der Waals surface area contributed by atoms with Crippen molar-refractivity contribution in [3.63, 3.8) is 0 Å². The number of nitrogens with one attached hydrogen (secondary N) is 1. The zero-order chi connectivity index (χ0) is 18.2. The molecule has 0 bridgehead atoms. The summed E-state index contributed by atoms with van der Waals surface area (Å²) in [5.41, 5.74) is 4.36. The summed E-state index contributed by atoms with van der Waals surface area (Å²) in [7, 11) is 0. The van der Waals surface area contributed by atoms with E-state index in [9.17, 15) is 4.79 Å². The third-order valence-corrected chi connectivity index (χ3v) is 4.53. The number of carbonyl (C=O) groups is 1. The van der Waals surface area contributed by atoms with Crippen molar-refractivity contribution in [3.05, 3.63) is 59.2 Å². The molecule has 0 saturated heterocycles. The molecular weight excluding hydrogens is 310 g/mol. The van der Waals surface area contributed by atoms with Crippen LogP contribution in [-0.2, 0) is 11.2 Å². The SMILES string of the molecule is CCCCc1ccc(NC(=O)[C@H](CC)Oc2cccc(C)c2C)cc1. The zero-order valence-corrected chi connectivity index (χ0v) is 15.8. The Balaban J connectivity index is 2.01. The Morgan fingerprint density at radius 3 is 2.44 bits per heavy atom. The molecule has 1 atom stereocenters. The molecule has 0 fully saturated rings. The van der Waals surface area contributed by atoms with Gasteiger partial charge < -0.3 is 10.1 Å². The van der Waals surface area contributed by atoms with E-state index in [2.05, 4.69) is 24.4 Å². The molecule has 25 heavy (non-hydrogen) atoms. The number of hydrogen-bond acceptors (Lipinski definition) is 2. The quantitative estimate of drug-likeness (QED) is 0.695. The maximum absolute atomic E-state index is 12.6. The molecular formula is C22H29NO2. The van der Waals surface area contributed by atoms with E-state index in [1.54, 1.807) is 0 Å². The number of aryl methyl sites for hydroxylation is 2.